The van der Waals surface area contributed by atoms with Crippen molar-refractivity contribution >= 4 is 21.2 Å². The molecule has 10 heteroatoms. The Hall–Kier alpha value is -2.49. The van der Waals surface area contributed by atoms with E-state index in [1.54, 1.807) is 12.1 Å². The number of hydrogen-bond donors (Lipinski definition) is 0. The average molecular weight is 392 g/mol. The number of rotatable bonds is 5. The van der Waals surface area contributed by atoms with Crippen LogP contribution >= 0.6 is 0 Å². The van der Waals surface area contributed by atoms with Crippen molar-refractivity contribution in [2.24, 2.45) is 0 Å². The molecule has 144 valence electrons. The predicted molar refractivity (Wildman–Crippen MR) is 96.7 cm³/mol. The molecule has 2 heterocycles. The number of anilines is 1. The zero-order valence-electron chi connectivity index (χ0n) is 14.9. The third-order valence-corrected chi connectivity index (χ3v) is 6.27. The van der Waals surface area contributed by atoms with Gasteiger partial charge in [0.25, 0.3) is 0 Å². The Bertz CT molecular complexity index is 975. The van der Waals surface area contributed by atoms with Gasteiger partial charge in [0.15, 0.2) is 15.7 Å². The second-order valence-electron chi connectivity index (χ2n) is 7.18. The highest BCUT2D eigenvalue weighted by Gasteiger charge is 2.34. The number of para-hydroxylation sites is 1. The van der Waals surface area contributed by atoms with Gasteiger partial charge in [-0.1, -0.05) is 11.2 Å². The van der Waals surface area contributed by atoms with Gasteiger partial charge in [0.2, 0.25) is 5.89 Å². The Kier molecular flexibility index (Phi) is 4.37. The van der Waals surface area contributed by atoms with Crippen molar-refractivity contribution in [3.8, 4) is 0 Å². The van der Waals surface area contributed by atoms with Crippen LogP contribution in [-0.4, -0.2) is 42.8 Å². The van der Waals surface area contributed by atoms with E-state index in [-0.39, 0.29) is 16.5 Å². The number of sulfone groups is 1. The maximum absolute atomic E-state index is 11.9. The molecule has 0 bridgehead atoms. The molecule has 1 saturated carbocycles. The number of nitrogens with zero attached hydrogens (tertiary/aromatic N) is 4. The molecule has 2 aromatic rings. The molecule has 2 aliphatic rings. The largest absolute Gasteiger partial charge is 0.366 e. The number of piperidine rings is 1. The molecule has 4 rings (SSSR count). The second kappa shape index (κ2) is 6.59. The zero-order valence-corrected chi connectivity index (χ0v) is 15.7. The molecule has 0 spiro atoms. The van der Waals surface area contributed by atoms with Gasteiger partial charge in [0.05, 0.1) is 4.92 Å². The standard InChI is InChI=1S/C17H20N4O5S/c1-27(24,25)14-4-2-3-13(15(14)21(22)23)20-9-7-11(8-10-20)16-18-17(26-19-16)12-5-6-12/h2-4,11-12H,5-10H2,1H3. The van der Waals surface area contributed by atoms with Gasteiger partial charge in [-0.2, -0.15) is 4.98 Å². The Morgan fingerprint density at radius 1 is 1.19 bits per heavy atom. The molecule has 0 atom stereocenters. The Balaban J connectivity index is 1.54. The van der Waals surface area contributed by atoms with E-state index in [9.17, 15) is 18.5 Å². The first-order valence-corrected chi connectivity index (χ1v) is 10.8. The minimum atomic E-state index is -3.69. The first kappa shape index (κ1) is 17.9. The highest BCUT2D eigenvalue weighted by Crippen LogP contribution is 2.41. The molecule has 0 amide bonds. The van der Waals surface area contributed by atoms with Gasteiger partial charge >= 0.3 is 5.69 Å². The lowest BCUT2D eigenvalue weighted by Gasteiger charge is -2.32. The van der Waals surface area contributed by atoms with E-state index in [0.29, 0.717) is 36.4 Å². The molecule has 1 aliphatic heterocycles. The van der Waals surface area contributed by atoms with Crippen molar-refractivity contribution < 1.29 is 17.9 Å². The van der Waals surface area contributed by atoms with E-state index in [1.807, 2.05) is 4.90 Å². The maximum Gasteiger partial charge on any atom is 0.311 e. The summed E-state index contributed by atoms with van der Waals surface area (Å²) in [6.07, 6.45) is 4.63. The smallest absolute Gasteiger partial charge is 0.311 e. The van der Waals surface area contributed by atoms with Crippen LogP contribution in [0.5, 0.6) is 0 Å². The van der Waals surface area contributed by atoms with Crippen molar-refractivity contribution in [2.45, 2.75) is 42.4 Å². The number of nitro benzene ring substituents is 1. The molecule has 9 nitrogen and oxygen atoms in total. The first-order valence-electron chi connectivity index (χ1n) is 8.90. The van der Waals surface area contributed by atoms with E-state index < -0.39 is 14.8 Å². The molecular weight excluding hydrogens is 372 g/mol. The molecular formula is C17H20N4O5S. The highest BCUT2D eigenvalue weighted by molar-refractivity contribution is 7.90. The molecule has 1 saturated heterocycles. The minimum Gasteiger partial charge on any atom is -0.366 e. The minimum absolute atomic E-state index is 0.148. The van der Waals surface area contributed by atoms with Gasteiger partial charge in [0.1, 0.15) is 10.6 Å². The lowest BCUT2D eigenvalue weighted by molar-refractivity contribution is -0.387. The van der Waals surface area contributed by atoms with Gasteiger partial charge in [-0.05, 0) is 37.8 Å². The lowest BCUT2D eigenvalue weighted by Crippen LogP contribution is -2.33. The third kappa shape index (κ3) is 3.53. The normalized spacial score (nSPS) is 18.6. The molecule has 27 heavy (non-hydrogen) atoms. The molecule has 1 aromatic carbocycles. The monoisotopic (exact) mass is 392 g/mol. The SMILES string of the molecule is CS(=O)(=O)c1cccc(N2CCC(c3noc(C4CC4)n3)CC2)c1[N+](=O)[O-]. The molecule has 1 aliphatic carbocycles. The van der Waals surface area contributed by atoms with Crippen molar-refractivity contribution in [1.82, 2.24) is 10.1 Å². The fourth-order valence-electron chi connectivity index (χ4n) is 3.54. The summed E-state index contributed by atoms with van der Waals surface area (Å²) < 4.78 is 29.2. The Labute approximate surface area is 156 Å². The summed E-state index contributed by atoms with van der Waals surface area (Å²) in [6, 6.07) is 4.43. The maximum atomic E-state index is 11.9. The van der Waals surface area contributed by atoms with Crippen LogP contribution in [0.4, 0.5) is 11.4 Å². The van der Waals surface area contributed by atoms with Gasteiger partial charge in [0, 0.05) is 31.2 Å². The first-order chi connectivity index (χ1) is 12.8. The number of aromatic nitrogens is 2. The third-order valence-electron chi connectivity index (χ3n) is 5.14. The lowest BCUT2D eigenvalue weighted by atomic mass is 9.95. The summed E-state index contributed by atoms with van der Waals surface area (Å²) in [6.45, 7) is 1.12. The molecule has 0 radical (unpaired) electrons. The zero-order chi connectivity index (χ0) is 19.2. The van der Waals surface area contributed by atoms with Crippen LogP contribution in [0.1, 0.15) is 49.2 Å². The van der Waals surface area contributed by atoms with Crippen LogP contribution in [-0.2, 0) is 9.84 Å². The predicted octanol–water partition coefficient (Wildman–Crippen LogP) is 2.64. The van der Waals surface area contributed by atoms with Gasteiger partial charge in [-0.3, -0.25) is 10.1 Å². The molecule has 1 aromatic heterocycles. The van der Waals surface area contributed by atoms with E-state index in [0.717, 1.165) is 31.9 Å². The molecule has 0 N–H and O–H groups in total. The Morgan fingerprint density at radius 2 is 1.89 bits per heavy atom. The van der Waals surface area contributed by atoms with Gasteiger partial charge in [-0.15, -0.1) is 0 Å². The summed E-state index contributed by atoms with van der Waals surface area (Å²) in [4.78, 5) is 17.1. The topological polar surface area (TPSA) is 119 Å². The van der Waals surface area contributed by atoms with Crippen molar-refractivity contribution in [1.29, 1.82) is 0 Å². The van der Waals surface area contributed by atoms with E-state index in [4.69, 9.17) is 4.52 Å². The number of nitro groups is 1. The van der Waals surface area contributed by atoms with Crippen LogP contribution in [0, 0.1) is 10.1 Å². The van der Waals surface area contributed by atoms with E-state index in [2.05, 4.69) is 10.1 Å². The van der Waals surface area contributed by atoms with Gasteiger partial charge in [-0.25, -0.2) is 8.42 Å². The van der Waals surface area contributed by atoms with Crippen LogP contribution in [0.15, 0.2) is 27.6 Å². The second-order valence-corrected chi connectivity index (χ2v) is 9.16. The van der Waals surface area contributed by atoms with Crippen LogP contribution in [0.3, 0.4) is 0 Å². The van der Waals surface area contributed by atoms with Crippen molar-refractivity contribution in [2.75, 3.05) is 24.2 Å². The summed E-state index contributed by atoms with van der Waals surface area (Å²) in [7, 11) is -3.69. The summed E-state index contributed by atoms with van der Waals surface area (Å²) in [5.74, 6) is 1.97. The van der Waals surface area contributed by atoms with Crippen LogP contribution in [0.25, 0.3) is 0 Å². The number of hydrogen-bond acceptors (Lipinski definition) is 8. The average Bonchev–Trinajstić information content (AvgIpc) is 3.37. The molecule has 2 fully saturated rings. The summed E-state index contributed by atoms with van der Waals surface area (Å²) >= 11 is 0. The van der Waals surface area contributed by atoms with Crippen LogP contribution < -0.4 is 4.90 Å². The highest BCUT2D eigenvalue weighted by atomic mass is 32.2. The van der Waals surface area contributed by atoms with Crippen molar-refractivity contribution in [3.05, 3.63) is 40.0 Å². The van der Waals surface area contributed by atoms with Crippen LogP contribution in [0.2, 0.25) is 0 Å². The summed E-state index contributed by atoms with van der Waals surface area (Å²) in [5, 5.41) is 15.7. The van der Waals surface area contributed by atoms with Crippen molar-refractivity contribution in [3.63, 3.8) is 0 Å². The summed E-state index contributed by atoms with van der Waals surface area (Å²) in [5.41, 5.74) is -0.0119. The van der Waals surface area contributed by atoms with Gasteiger partial charge < -0.3 is 9.42 Å². The quantitative estimate of drug-likeness (QED) is 0.562. The fourth-order valence-corrected chi connectivity index (χ4v) is 4.39. The van der Waals surface area contributed by atoms with E-state index >= 15 is 0 Å². The fraction of sp³-hybridized carbons (Fsp3) is 0.529. The van der Waals surface area contributed by atoms with E-state index in [1.165, 1.54) is 6.07 Å². The Morgan fingerprint density at radius 3 is 2.48 bits per heavy atom. The number of benzene rings is 1. The molecule has 0 unspecified atom stereocenters.